The average Bonchev–Trinajstić information content (AvgIpc) is 2.77. The van der Waals surface area contributed by atoms with Gasteiger partial charge in [0.1, 0.15) is 12.4 Å². The van der Waals surface area contributed by atoms with Gasteiger partial charge in [-0.1, -0.05) is 78.3 Å². The molecule has 0 aliphatic heterocycles. The number of aliphatic carboxylic acids is 1. The Hall–Kier alpha value is -2.31. The zero-order valence-electron chi connectivity index (χ0n) is 18.2. The van der Waals surface area contributed by atoms with E-state index in [2.05, 4.69) is 5.16 Å². The van der Waals surface area contributed by atoms with Crippen LogP contribution in [-0.4, -0.2) is 24.9 Å². The van der Waals surface area contributed by atoms with Crippen molar-refractivity contribution in [2.75, 3.05) is 13.2 Å². The van der Waals surface area contributed by atoms with Gasteiger partial charge in [-0.15, -0.1) is 0 Å². The van der Waals surface area contributed by atoms with Crippen molar-refractivity contribution >= 4 is 23.3 Å². The molecule has 0 N–H and O–H groups in total. The van der Waals surface area contributed by atoms with Gasteiger partial charge in [0.05, 0.1) is 5.71 Å². The largest absolute Gasteiger partial charge is 1.00 e. The Morgan fingerprint density at radius 2 is 1.75 bits per heavy atom. The third-order valence-corrected chi connectivity index (χ3v) is 4.93. The molecule has 7 heteroatoms. The van der Waals surface area contributed by atoms with Crippen molar-refractivity contribution in [1.82, 2.24) is 0 Å². The number of rotatable bonds is 10. The van der Waals surface area contributed by atoms with Crippen molar-refractivity contribution in [3.05, 3.63) is 88.9 Å². The van der Waals surface area contributed by atoms with E-state index in [0.29, 0.717) is 22.9 Å². The van der Waals surface area contributed by atoms with Crippen LogP contribution < -0.4 is 39.4 Å². The van der Waals surface area contributed by atoms with Gasteiger partial charge in [-0.3, -0.25) is 0 Å². The second-order valence-electron chi connectivity index (χ2n) is 6.83. The first-order valence-corrected chi connectivity index (χ1v) is 10.4. The monoisotopic (exact) mass is 459 g/mol. The molecule has 0 atom stereocenters. The van der Waals surface area contributed by atoms with Crippen molar-refractivity contribution in [1.29, 1.82) is 0 Å². The number of halogens is 1. The van der Waals surface area contributed by atoms with E-state index in [1.165, 1.54) is 0 Å². The van der Waals surface area contributed by atoms with Gasteiger partial charge in [-0.25, -0.2) is 0 Å². The quantitative estimate of drug-likeness (QED) is 0.199. The molecule has 5 nitrogen and oxygen atoms in total. The van der Waals surface area contributed by atoms with Crippen LogP contribution in [0.1, 0.15) is 24.5 Å². The molecular weight excluding hydrogens is 437 g/mol. The maximum atomic E-state index is 10.7. The Labute approximate surface area is 215 Å². The van der Waals surface area contributed by atoms with E-state index in [1.54, 1.807) is 24.3 Å². The molecule has 0 amide bonds. The summed E-state index contributed by atoms with van der Waals surface area (Å²) in [4.78, 5) is 16.1. The van der Waals surface area contributed by atoms with Crippen LogP contribution >= 0.6 is 11.6 Å². The van der Waals surface area contributed by atoms with Crippen LogP contribution in [0.5, 0.6) is 5.75 Å². The number of hydrogen-bond donors (Lipinski definition) is 0. The molecule has 0 heterocycles. The fourth-order valence-corrected chi connectivity index (χ4v) is 3.34. The number of carbonyl (C=O) groups excluding carboxylic acids is 1. The molecule has 0 saturated carbocycles. The Morgan fingerprint density at radius 1 is 1.00 bits per heavy atom. The van der Waals surface area contributed by atoms with Gasteiger partial charge >= 0.3 is 29.6 Å². The maximum Gasteiger partial charge on any atom is 1.00 e. The maximum absolute atomic E-state index is 10.7. The molecule has 32 heavy (non-hydrogen) atoms. The van der Waals surface area contributed by atoms with Gasteiger partial charge in [-0.2, -0.15) is 0 Å². The Balaban J connectivity index is 0.00000363. The summed E-state index contributed by atoms with van der Waals surface area (Å²) in [5.41, 5.74) is 4.48. The topological polar surface area (TPSA) is 71.0 Å². The van der Waals surface area contributed by atoms with Gasteiger partial charge in [0.25, 0.3) is 0 Å². The Bertz CT molecular complexity index is 1050. The van der Waals surface area contributed by atoms with Crippen LogP contribution in [0.2, 0.25) is 5.02 Å². The summed E-state index contributed by atoms with van der Waals surface area (Å²) in [6.07, 6.45) is 0.574. The normalized spacial score (nSPS) is 10.9. The van der Waals surface area contributed by atoms with Crippen molar-refractivity contribution in [3.63, 3.8) is 0 Å². The van der Waals surface area contributed by atoms with Crippen LogP contribution in [-0.2, 0) is 16.1 Å². The SMILES string of the molecule is CC/C(=N\OCCOc1cccc(CC(=O)[O-])c1)c1ccc(-c2ccccc2Cl)cc1.[Na+]. The molecule has 0 spiro atoms. The van der Waals surface area contributed by atoms with Crippen LogP contribution in [0.4, 0.5) is 0 Å². The number of nitrogens with zero attached hydrogens (tertiary/aromatic N) is 1. The summed E-state index contributed by atoms with van der Waals surface area (Å²) < 4.78 is 5.61. The number of ether oxygens (including phenoxy) is 1. The first-order chi connectivity index (χ1) is 15.1. The number of carbonyl (C=O) groups is 1. The van der Waals surface area contributed by atoms with Crippen LogP contribution in [0.3, 0.4) is 0 Å². The number of benzene rings is 3. The molecule has 3 rings (SSSR count). The smallest absolute Gasteiger partial charge is 0.550 e. The summed E-state index contributed by atoms with van der Waals surface area (Å²) in [6.45, 7) is 2.58. The third kappa shape index (κ3) is 7.68. The summed E-state index contributed by atoms with van der Waals surface area (Å²) in [5, 5.41) is 15.7. The summed E-state index contributed by atoms with van der Waals surface area (Å²) >= 11 is 6.28. The molecule has 0 fully saturated rings. The van der Waals surface area contributed by atoms with Gasteiger partial charge in [0.2, 0.25) is 0 Å². The predicted octanol–water partition coefficient (Wildman–Crippen LogP) is 1.51. The van der Waals surface area contributed by atoms with E-state index in [0.717, 1.165) is 28.8 Å². The van der Waals surface area contributed by atoms with E-state index in [1.807, 2.05) is 55.5 Å². The molecule has 0 saturated heterocycles. The molecular formula is C25H23ClNNaO4. The van der Waals surface area contributed by atoms with Crippen molar-refractivity contribution in [2.24, 2.45) is 5.16 Å². The zero-order chi connectivity index (χ0) is 22.1. The Kier molecular flexibility index (Phi) is 10.8. The van der Waals surface area contributed by atoms with Crippen molar-refractivity contribution in [2.45, 2.75) is 19.8 Å². The number of carboxylic acid groups (broad SMARTS) is 1. The minimum Gasteiger partial charge on any atom is -0.550 e. The van der Waals surface area contributed by atoms with Gasteiger partial charge in [0.15, 0.2) is 6.61 Å². The minimum atomic E-state index is -1.12. The first-order valence-electron chi connectivity index (χ1n) is 10.0. The second kappa shape index (κ2) is 13.3. The van der Waals surface area contributed by atoms with Crippen LogP contribution in [0, 0.1) is 0 Å². The fraction of sp³-hybridized carbons (Fsp3) is 0.200. The molecule has 3 aromatic carbocycles. The number of hydrogen-bond acceptors (Lipinski definition) is 5. The number of carboxylic acids is 1. The molecule has 0 aliphatic carbocycles. The molecule has 160 valence electrons. The van der Waals surface area contributed by atoms with Crippen LogP contribution in [0.15, 0.2) is 78.0 Å². The van der Waals surface area contributed by atoms with Gasteiger partial charge in [0, 0.05) is 23.0 Å². The van der Waals surface area contributed by atoms with Gasteiger partial charge < -0.3 is 19.5 Å². The first kappa shape index (κ1) is 25.9. The van der Waals surface area contributed by atoms with Crippen molar-refractivity contribution in [3.8, 4) is 16.9 Å². The van der Waals surface area contributed by atoms with E-state index < -0.39 is 5.97 Å². The molecule has 3 aromatic rings. The van der Waals surface area contributed by atoms with Crippen molar-refractivity contribution < 1.29 is 49.0 Å². The molecule has 0 aromatic heterocycles. The summed E-state index contributed by atoms with van der Waals surface area (Å²) in [5.74, 6) is -0.543. The number of oxime groups is 1. The average molecular weight is 460 g/mol. The summed E-state index contributed by atoms with van der Waals surface area (Å²) in [6, 6.07) is 22.7. The fourth-order valence-electron chi connectivity index (χ4n) is 3.09. The zero-order valence-corrected chi connectivity index (χ0v) is 21.0. The van der Waals surface area contributed by atoms with Crippen LogP contribution in [0.25, 0.3) is 11.1 Å². The van der Waals surface area contributed by atoms with E-state index in [9.17, 15) is 9.90 Å². The standard InChI is InChI=1S/C25H24ClNO4.Na/c1-2-24(20-12-10-19(11-13-20)22-8-3-4-9-23(22)26)27-31-15-14-30-21-7-5-6-18(16-21)17-25(28)29;/h3-13,16H,2,14-15,17H2,1H3,(H,28,29);/q;+1/p-1/b27-24+;. The predicted molar refractivity (Wildman–Crippen MR) is 120 cm³/mol. The minimum absolute atomic E-state index is 0. The van der Waals surface area contributed by atoms with E-state index in [4.69, 9.17) is 21.2 Å². The molecule has 0 aliphatic rings. The third-order valence-electron chi connectivity index (χ3n) is 4.60. The van der Waals surface area contributed by atoms with Gasteiger partial charge in [-0.05, 0) is 41.3 Å². The molecule has 0 bridgehead atoms. The summed E-state index contributed by atoms with van der Waals surface area (Å²) in [7, 11) is 0. The molecule has 0 unspecified atom stereocenters. The van der Waals surface area contributed by atoms with E-state index >= 15 is 0 Å². The Morgan fingerprint density at radius 3 is 2.44 bits per heavy atom. The van der Waals surface area contributed by atoms with E-state index in [-0.39, 0.29) is 42.6 Å². The molecule has 0 radical (unpaired) electrons. The second-order valence-corrected chi connectivity index (χ2v) is 7.23.